The number of nitrogens with one attached hydrogen (secondary N) is 1. The smallest absolute Gasteiger partial charge is 0.449 e. The first-order chi connectivity index (χ1) is 13.9. The standard InChI is InChI=1S/C20H21F2N3O4/c21-13-6-12-17(25(11-3-4-11)9-15(19(12)26)29-20(27)28)16(22)18(13)24-7-10-2-1-5-23-14(10)8-24/h6,9-11,14,23H,1-5,7-8H2,(H,27,28)/t10-,14+/m0/s1. The summed E-state index contributed by atoms with van der Waals surface area (Å²) in [6, 6.07) is 1.15. The van der Waals surface area contributed by atoms with Crippen LogP contribution in [0.3, 0.4) is 0 Å². The van der Waals surface area contributed by atoms with E-state index in [1.165, 1.54) is 10.8 Å². The molecule has 0 spiro atoms. The third-order valence-electron chi connectivity index (χ3n) is 6.20. The molecular formula is C20H21F2N3O4. The molecule has 0 amide bonds. The Morgan fingerprint density at radius 3 is 2.72 bits per heavy atom. The quantitative estimate of drug-likeness (QED) is 0.764. The minimum absolute atomic E-state index is 0.00877. The van der Waals surface area contributed by atoms with Crippen molar-refractivity contribution in [2.24, 2.45) is 5.92 Å². The number of anilines is 1. The molecule has 2 aromatic rings. The van der Waals surface area contributed by atoms with E-state index in [-0.39, 0.29) is 28.7 Å². The third-order valence-corrected chi connectivity index (χ3v) is 6.20. The molecule has 2 atom stereocenters. The Kier molecular flexibility index (Phi) is 4.23. The molecule has 7 nitrogen and oxygen atoms in total. The maximum atomic E-state index is 15.7. The lowest BCUT2D eigenvalue weighted by atomic mass is 9.94. The molecule has 3 heterocycles. The normalized spacial score (nSPS) is 24.0. The molecule has 1 saturated carbocycles. The minimum atomic E-state index is -1.64. The van der Waals surface area contributed by atoms with Gasteiger partial charge in [0.15, 0.2) is 11.6 Å². The number of piperidine rings is 1. The van der Waals surface area contributed by atoms with E-state index < -0.39 is 29.0 Å². The average Bonchev–Trinajstić information content (AvgIpc) is 3.43. The summed E-state index contributed by atoms with van der Waals surface area (Å²) in [5.41, 5.74) is -0.940. The summed E-state index contributed by atoms with van der Waals surface area (Å²) in [6.45, 7) is 1.98. The Hall–Kier alpha value is -2.68. The van der Waals surface area contributed by atoms with Crippen molar-refractivity contribution >= 4 is 22.7 Å². The van der Waals surface area contributed by atoms with E-state index in [0.717, 1.165) is 38.3 Å². The maximum absolute atomic E-state index is 15.7. The van der Waals surface area contributed by atoms with Crippen molar-refractivity contribution < 1.29 is 23.4 Å². The van der Waals surface area contributed by atoms with Gasteiger partial charge >= 0.3 is 6.16 Å². The number of ether oxygens (including phenoxy) is 1. The van der Waals surface area contributed by atoms with Gasteiger partial charge in [-0.3, -0.25) is 4.79 Å². The summed E-state index contributed by atoms with van der Waals surface area (Å²) >= 11 is 0. The number of pyridine rings is 1. The van der Waals surface area contributed by atoms with Gasteiger partial charge in [-0.25, -0.2) is 13.6 Å². The summed E-state index contributed by atoms with van der Waals surface area (Å²) < 4.78 is 36.8. The van der Waals surface area contributed by atoms with Crippen molar-refractivity contribution in [2.45, 2.75) is 37.8 Å². The topological polar surface area (TPSA) is 83.8 Å². The van der Waals surface area contributed by atoms with E-state index in [0.29, 0.717) is 19.0 Å². The zero-order chi connectivity index (χ0) is 20.3. The van der Waals surface area contributed by atoms with Crippen LogP contribution in [0.1, 0.15) is 31.7 Å². The van der Waals surface area contributed by atoms with Gasteiger partial charge in [-0.15, -0.1) is 0 Å². The summed E-state index contributed by atoms with van der Waals surface area (Å²) in [5, 5.41) is 12.1. The number of carboxylic acid groups (broad SMARTS) is 1. The molecule has 0 bridgehead atoms. The predicted molar refractivity (Wildman–Crippen MR) is 102 cm³/mol. The van der Waals surface area contributed by atoms with E-state index in [1.54, 1.807) is 4.90 Å². The van der Waals surface area contributed by atoms with Gasteiger partial charge in [0.25, 0.3) is 0 Å². The van der Waals surface area contributed by atoms with Crippen LogP contribution in [0.4, 0.5) is 19.3 Å². The lowest BCUT2D eigenvalue weighted by molar-refractivity contribution is 0.143. The largest absolute Gasteiger partial charge is 0.511 e. The average molecular weight is 405 g/mol. The van der Waals surface area contributed by atoms with Crippen LogP contribution < -0.4 is 20.4 Å². The molecule has 2 aliphatic heterocycles. The molecule has 1 aliphatic carbocycles. The second kappa shape index (κ2) is 6.69. The third kappa shape index (κ3) is 3.04. The molecule has 3 fully saturated rings. The molecule has 1 aromatic carbocycles. The van der Waals surface area contributed by atoms with E-state index >= 15 is 8.78 Å². The highest BCUT2D eigenvalue weighted by Crippen LogP contribution is 2.41. The Labute approximate surface area is 164 Å². The van der Waals surface area contributed by atoms with Gasteiger partial charge in [-0.1, -0.05) is 0 Å². The number of hydrogen-bond acceptors (Lipinski definition) is 5. The molecule has 154 valence electrons. The monoisotopic (exact) mass is 405 g/mol. The van der Waals surface area contributed by atoms with Crippen LogP contribution in [0.2, 0.25) is 0 Å². The fourth-order valence-corrected chi connectivity index (χ4v) is 4.73. The van der Waals surface area contributed by atoms with Crippen molar-refractivity contribution in [3.8, 4) is 5.75 Å². The molecule has 0 radical (unpaired) electrons. The van der Waals surface area contributed by atoms with Crippen LogP contribution >= 0.6 is 0 Å². The van der Waals surface area contributed by atoms with Gasteiger partial charge < -0.3 is 24.6 Å². The Morgan fingerprint density at radius 1 is 1.24 bits per heavy atom. The fourth-order valence-electron chi connectivity index (χ4n) is 4.73. The van der Waals surface area contributed by atoms with Crippen LogP contribution in [0.25, 0.3) is 10.9 Å². The molecule has 2 N–H and O–H groups in total. The first-order valence-corrected chi connectivity index (χ1v) is 9.90. The minimum Gasteiger partial charge on any atom is -0.449 e. The zero-order valence-corrected chi connectivity index (χ0v) is 15.7. The number of rotatable bonds is 3. The van der Waals surface area contributed by atoms with E-state index in [1.807, 2.05) is 0 Å². The van der Waals surface area contributed by atoms with Crippen molar-refractivity contribution in [3.05, 3.63) is 34.1 Å². The van der Waals surface area contributed by atoms with E-state index in [4.69, 9.17) is 5.11 Å². The van der Waals surface area contributed by atoms with Gasteiger partial charge in [-0.2, -0.15) is 0 Å². The van der Waals surface area contributed by atoms with Gasteiger partial charge in [0.2, 0.25) is 5.43 Å². The molecule has 29 heavy (non-hydrogen) atoms. The molecule has 1 aromatic heterocycles. The summed E-state index contributed by atoms with van der Waals surface area (Å²) in [5.74, 6) is -1.69. The second-order valence-electron chi connectivity index (χ2n) is 8.11. The molecule has 0 unspecified atom stereocenters. The van der Waals surface area contributed by atoms with E-state index in [9.17, 15) is 9.59 Å². The fraction of sp³-hybridized carbons (Fsp3) is 0.500. The first kappa shape index (κ1) is 18.4. The van der Waals surface area contributed by atoms with Gasteiger partial charge in [0, 0.05) is 25.2 Å². The van der Waals surface area contributed by atoms with Crippen LogP contribution in [0.5, 0.6) is 5.75 Å². The molecular weight excluding hydrogens is 384 g/mol. The summed E-state index contributed by atoms with van der Waals surface area (Å²) in [6.07, 6.45) is 3.20. The van der Waals surface area contributed by atoms with Gasteiger partial charge in [0.05, 0.1) is 17.1 Å². The molecule has 3 aliphatic rings. The van der Waals surface area contributed by atoms with Crippen LogP contribution in [0, 0.1) is 17.6 Å². The Balaban J connectivity index is 1.67. The molecule has 2 saturated heterocycles. The number of hydrogen-bond donors (Lipinski definition) is 2. The Bertz CT molecular complexity index is 1050. The number of carbonyl (C=O) groups is 1. The SMILES string of the molecule is O=C(O)Oc1cn(C2CC2)c2c(F)c(N3C[C@@H]4CCCN[C@@H]4C3)c(F)cc2c1=O. The van der Waals surface area contributed by atoms with Crippen molar-refractivity contribution in [2.75, 3.05) is 24.5 Å². The molecule has 5 rings (SSSR count). The van der Waals surface area contributed by atoms with Crippen LogP contribution in [-0.2, 0) is 0 Å². The highest BCUT2D eigenvalue weighted by atomic mass is 19.1. The molecule has 9 heteroatoms. The summed E-state index contributed by atoms with van der Waals surface area (Å²) in [4.78, 5) is 25.3. The number of fused-ring (bicyclic) bond motifs is 2. The highest BCUT2D eigenvalue weighted by molar-refractivity contribution is 5.86. The van der Waals surface area contributed by atoms with Gasteiger partial charge in [0.1, 0.15) is 11.5 Å². The van der Waals surface area contributed by atoms with Gasteiger partial charge in [-0.05, 0) is 44.2 Å². The zero-order valence-electron chi connectivity index (χ0n) is 15.7. The second-order valence-corrected chi connectivity index (χ2v) is 8.11. The van der Waals surface area contributed by atoms with Crippen LogP contribution in [-0.4, -0.2) is 41.5 Å². The number of benzene rings is 1. The van der Waals surface area contributed by atoms with Crippen molar-refractivity contribution in [1.29, 1.82) is 0 Å². The number of nitrogens with zero attached hydrogens (tertiary/aromatic N) is 2. The lowest BCUT2D eigenvalue weighted by Crippen LogP contribution is -2.40. The van der Waals surface area contributed by atoms with Crippen molar-refractivity contribution in [1.82, 2.24) is 9.88 Å². The number of aromatic nitrogens is 1. The number of halogens is 2. The lowest BCUT2D eigenvalue weighted by Gasteiger charge is -2.24. The van der Waals surface area contributed by atoms with E-state index in [2.05, 4.69) is 10.1 Å². The first-order valence-electron chi connectivity index (χ1n) is 9.90. The van der Waals surface area contributed by atoms with Crippen LogP contribution in [0.15, 0.2) is 17.1 Å². The van der Waals surface area contributed by atoms with Crippen molar-refractivity contribution in [3.63, 3.8) is 0 Å². The summed E-state index contributed by atoms with van der Waals surface area (Å²) in [7, 11) is 0. The maximum Gasteiger partial charge on any atom is 0.511 e. The Morgan fingerprint density at radius 2 is 2.03 bits per heavy atom. The highest BCUT2D eigenvalue weighted by Gasteiger charge is 2.38. The predicted octanol–water partition coefficient (Wildman–Crippen LogP) is 2.86.